The molecule has 0 heterocycles. The molecule has 5 heteroatoms. The number of carbonyl (C=O) groups is 1. The van der Waals surface area contributed by atoms with Crippen molar-refractivity contribution in [1.82, 2.24) is 5.32 Å². The Morgan fingerprint density at radius 2 is 1.91 bits per heavy atom. The van der Waals surface area contributed by atoms with Gasteiger partial charge in [0.25, 0.3) is 0 Å². The van der Waals surface area contributed by atoms with Crippen LogP contribution in [0.5, 0.6) is 0 Å². The molecule has 0 aliphatic heterocycles. The van der Waals surface area contributed by atoms with E-state index >= 15 is 0 Å². The number of amides is 1. The van der Waals surface area contributed by atoms with Gasteiger partial charge in [-0.2, -0.15) is 0 Å². The molecular weight excluding hydrogens is 288 g/mol. The summed E-state index contributed by atoms with van der Waals surface area (Å²) in [6.45, 7) is 5.93. The van der Waals surface area contributed by atoms with E-state index in [0.717, 1.165) is 12.5 Å². The fourth-order valence-electron chi connectivity index (χ4n) is 2.52. The number of hydrogen-bond acceptors (Lipinski definition) is 2. The van der Waals surface area contributed by atoms with Gasteiger partial charge in [-0.15, -0.1) is 0 Å². The molecule has 22 heavy (non-hydrogen) atoms. The number of hydrogen-bond donors (Lipinski definition) is 1. The van der Waals surface area contributed by atoms with Crippen molar-refractivity contribution in [2.24, 2.45) is 11.8 Å². The molecule has 1 fully saturated rings. The quantitative estimate of drug-likeness (QED) is 0.838. The molecule has 0 radical (unpaired) electrons. The fourth-order valence-corrected chi connectivity index (χ4v) is 2.52. The highest BCUT2D eigenvalue weighted by Gasteiger charge is 2.37. The molecule has 2 rings (SSSR count). The third kappa shape index (κ3) is 5.05. The summed E-state index contributed by atoms with van der Waals surface area (Å²) in [4.78, 5) is 12.2. The van der Waals surface area contributed by atoms with Crippen LogP contribution < -0.4 is 5.32 Å². The number of rotatable bonds is 7. The van der Waals surface area contributed by atoms with E-state index in [-0.39, 0.29) is 18.6 Å². The lowest BCUT2D eigenvalue weighted by molar-refractivity contribution is -0.135. The van der Waals surface area contributed by atoms with E-state index in [9.17, 15) is 13.6 Å². The van der Waals surface area contributed by atoms with Gasteiger partial charge in [0.1, 0.15) is 17.7 Å². The van der Waals surface area contributed by atoms with Crippen LogP contribution in [0.3, 0.4) is 0 Å². The maximum atomic E-state index is 13.2. The molecule has 3 atom stereocenters. The van der Waals surface area contributed by atoms with Crippen molar-refractivity contribution in [3.05, 3.63) is 35.4 Å². The number of carbonyl (C=O) groups excluding carboxylic acids is 1. The van der Waals surface area contributed by atoms with Crippen LogP contribution in [-0.4, -0.2) is 18.1 Å². The highest BCUT2D eigenvalue weighted by molar-refractivity contribution is 5.81. The monoisotopic (exact) mass is 311 g/mol. The molecule has 1 aliphatic carbocycles. The van der Waals surface area contributed by atoms with Gasteiger partial charge in [0, 0.05) is 12.1 Å². The van der Waals surface area contributed by atoms with Crippen LogP contribution in [0.15, 0.2) is 18.2 Å². The molecule has 122 valence electrons. The van der Waals surface area contributed by atoms with Gasteiger partial charge in [-0.05, 0) is 56.2 Å². The molecule has 0 aromatic heterocycles. The maximum Gasteiger partial charge on any atom is 0.249 e. The van der Waals surface area contributed by atoms with E-state index in [1.165, 1.54) is 12.1 Å². The average molecular weight is 311 g/mol. The van der Waals surface area contributed by atoms with E-state index in [2.05, 4.69) is 12.2 Å². The molecule has 1 aliphatic rings. The van der Waals surface area contributed by atoms with Gasteiger partial charge in [-0.1, -0.05) is 6.92 Å². The molecule has 1 aromatic carbocycles. The molecule has 0 saturated heterocycles. The number of halogens is 2. The van der Waals surface area contributed by atoms with E-state index in [1.54, 1.807) is 0 Å². The predicted molar refractivity (Wildman–Crippen MR) is 80.1 cm³/mol. The average Bonchev–Trinajstić information content (AvgIpc) is 3.08. The van der Waals surface area contributed by atoms with Crippen molar-refractivity contribution in [2.45, 2.75) is 52.4 Å². The van der Waals surface area contributed by atoms with Gasteiger partial charge in [-0.3, -0.25) is 4.79 Å². The van der Waals surface area contributed by atoms with Crippen molar-refractivity contribution in [3.63, 3.8) is 0 Å². The normalized spacial score (nSPS) is 21.7. The number of ether oxygens (including phenoxy) is 1. The standard InChI is InChI=1S/C17H23F2NO2/c1-10(2)20-17(21)16(7-13-4-11(13)3)22-9-12-5-14(18)8-15(19)6-12/h5-6,8,10-11,13,16H,4,7,9H2,1-3H3,(H,20,21). The zero-order valence-corrected chi connectivity index (χ0v) is 13.2. The first-order valence-corrected chi connectivity index (χ1v) is 7.72. The Morgan fingerprint density at radius 1 is 1.32 bits per heavy atom. The lowest BCUT2D eigenvalue weighted by Gasteiger charge is -2.19. The molecule has 1 amide bonds. The zero-order valence-electron chi connectivity index (χ0n) is 13.2. The van der Waals surface area contributed by atoms with E-state index in [4.69, 9.17) is 4.74 Å². The molecule has 3 nitrogen and oxygen atoms in total. The van der Waals surface area contributed by atoms with Gasteiger partial charge < -0.3 is 10.1 Å². The summed E-state index contributed by atoms with van der Waals surface area (Å²) in [6, 6.07) is 3.29. The fraction of sp³-hybridized carbons (Fsp3) is 0.588. The van der Waals surface area contributed by atoms with Gasteiger partial charge in [-0.25, -0.2) is 8.78 Å². The first-order chi connectivity index (χ1) is 10.3. The first-order valence-electron chi connectivity index (χ1n) is 7.72. The molecule has 1 aromatic rings. The van der Waals surface area contributed by atoms with E-state index in [0.29, 0.717) is 23.8 Å². The summed E-state index contributed by atoms with van der Waals surface area (Å²) in [5, 5.41) is 2.84. The Labute approximate surface area is 130 Å². The van der Waals surface area contributed by atoms with Crippen molar-refractivity contribution in [3.8, 4) is 0 Å². The van der Waals surface area contributed by atoms with E-state index in [1.807, 2.05) is 13.8 Å². The Balaban J connectivity index is 1.97. The van der Waals surface area contributed by atoms with Crippen molar-refractivity contribution >= 4 is 5.91 Å². The van der Waals surface area contributed by atoms with Crippen LogP contribution >= 0.6 is 0 Å². The Bertz CT molecular complexity index is 513. The predicted octanol–water partition coefficient (Wildman–Crippen LogP) is 3.42. The Kier molecular flexibility index (Phi) is 5.51. The summed E-state index contributed by atoms with van der Waals surface area (Å²) in [5.41, 5.74) is 0.392. The van der Waals surface area contributed by atoms with Crippen molar-refractivity contribution in [1.29, 1.82) is 0 Å². The second-order valence-corrected chi connectivity index (χ2v) is 6.45. The summed E-state index contributed by atoms with van der Waals surface area (Å²) < 4.78 is 32.0. The van der Waals surface area contributed by atoms with Crippen LogP contribution in [0.2, 0.25) is 0 Å². The first kappa shape index (κ1) is 16.9. The molecular formula is C17H23F2NO2. The van der Waals surface area contributed by atoms with Crippen molar-refractivity contribution in [2.75, 3.05) is 0 Å². The molecule has 1 N–H and O–H groups in total. The lowest BCUT2D eigenvalue weighted by atomic mass is 10.1. The van der Waals surface area contributed by atoms with Gasteiger partial charge in [0.15, 0.2) is 0 Å². The Hall–Kier alpha value is -1.49. The highest BCUT2D eigenvalue weighted by Crippen LogP contribution is 2.41. The minimum absolute atomic E-state index is 0.0198. The maximum absolute atomic E-state index is 13.2. The van der Waals surface area contributed by atoms with E-state index < -0.39 is 17.7 Å². The summed E-state index contributed by atoms with van der Waals surface area (Å²) in [6.07, 6.45) is 1.17. The van der Waals surface area contributed by atoms with Crippen LogP contribution in [0.25, 0.3) is 0 Å². The second kappa shape index (κ2) is 7.18. The minimum Gasteiger partial charge on any atom is -0.364 e. The molecule has 0 bridgehead atoms. The third-order valence-corrected chi connectivity index (χ3v) is 3.89. The van der Waals surface area contributed by atoms with Crippen LogP contribution in [0, 0.1) is 23.5 Å². The smallest absolute Gasteiger partial charge is 0.249 e. The highest BCUT2D eigenvalue weighted by atomic mass is 19.1. The second-order valence-electron chi connectivity index (χ2n) is 6.45. The summed E-state index contributed by atoms with van der Waals surface area (Å²) in [7, 11) is 0. The van der Waals surface area contributed by atoms with Crippen molar-refractivity contribution < 1.29 is 18.3 Å². The number of benzene rings is 1. The molecule has 3 unspecified atom stereocenters. The number of nitrogens with one attached hydrogen (secondary N) is 1. The largest absolute Gasteiger partial charge is 0.364 e. The molecule has 0 spiro atoms. The SMILES string of the molecule is CC(C)NC(=O)C(CC1CC1C)OCc1cc(F)cc(F)c1. The van der Waals surface area contributed by atoms with Crippen LogP contribution in [-0.2, 0) is 16.1 Å². The van der Waals surface area contributed by atoms with Gasteiger partial charge in [0.2, 0.25) is 5.91 Å². The lowest BCUT2D eigenvalue weighted by Crippen LogP contribution is -2.40. The summed E-state index contributed by atoms with van der Waals surface area (Å²) >= 11 is 0. The topological polar surface area (TPSA) is 38.3 Å². The van der Waals surface area contributed by atoms with Gasteiger partial charge in [0.05, 0.1) is 6.61 Å². The summed E-state index contributed by atoms with van der Waals surface area (Å²) in [5.74, 6) is -0.335. The minimum atomic E-state index is -0.641. The van der Waals surface area contributed by atoms with Crippen LogP contribution in [0.1, 0.15) is 39.2 Å². The zero-order chi connectivity index (χ0) is 16.3. The Morgan fingerprint density at radius 3 is 2.41 bits per heavy atom. The third-order valence-electron chi connectivity index (χ3n) is 3.89. The van der Waals surface area contributed by atoms with Gasteiger partial charge >= 0.3 is 0 Å². The molecule has 1 saturated carbocycles. The van der Waals surface area contributed by atoms with Crippen LogP contribution in [0.4, 0.5) is 8.78 Å².